The molecule has 1 aliphatic rings. The fraction of sp³-hybridized carbons (Fsp3) is 0.417. The van der Waals surface area contributed by atoms with Gasteiger partial charge in [-0.2, -0.15) is 0 Å². The van der Waals surface area contributed by atoms with Crippen molar-refractivity contribution >= 4 is 41.6 Å². The number of nitrogens with one attached hydrogen (secondary N) is 1. The maximum Gasteiger partial charge on any atom is 0.261 e. The molecule has 1 N–H and O–H groups in total. The van der Waals surface area contributed by atoms with Crippen LogP contribution in [0.5, 0.6) is 0 Å². The quantitative estimate of drug-likeness (QED) is 0.837. The van der Waals surface area contributed by atoms with E-state index in [1.165, 1.54) is 12.1 Å². The second kappa shape index (κ2) is 5.42. The Morgan fingerprint density at radius 1 is 1.37 bits per heavy atom. The van der Waals surface area contributed by atoms with E-state index >= 15 is 0 Å². The van der Waals surface area contributed by atoms with Gasteiger partial charge < -0.3 is 5.32 Å². The van der Waals surface area contributed by atoms with Gasteiger partial charge in [-0.1, -0.05) is 22.9 Å². The highest BCUT2D eigenvalue weighted by Gasteiger charge is 2.27. The summed E-state index contributed by atoms with van der Waals surface area (Å²) in [4.78, 5) is 11.9. The number of carbonyl (C=O) groups excluding carboxylic acids is 1. The van der Waals surface area contributed by atoms with Gasteiger partial charge in [-0.25, -0.2) is 8.42 Å². The van der Waals surface area contributed by atoms with Crippen LogP contribution in [-0.4, -0.2) is 20.4 Å². The third kappa shape index (κ3) is 3.70. The Labute approximate surface area is 125 Å². The zero-order valence-electron chi connectivity index (χ0n) is 10.2. The molecule has 1 saturated carbocycles. The Morgan fingerprint density at radius 2 is 2.00 bits per heavy atom. The molecular weight excluding hydrogens is 354 g/mol. The van der Waals surface area contributed by atoms with Crippen LogP contribution in [-0.2, 0) is 9.05 Å². The molecule has 0 atom stereocenters. The van der Waals surface area contributed by atoms with Gasteiger partial charge in [0.2, 0.25) is 0 Å². The molecule has 1 aromatic carbocycles. The van der Waals surface area contributed by atoms with Crippen molar-refractivity contribution in [1.29, 1.82) is 0 Å². The van der Waals surface area contributed by atoms with Gasteiger partial charge in [0, 0.05) is 26.8 Å². The number of amides is 1. The highest BCUT2D eigenvalue weighted by Crippen LogP contribution is 2.27. The van der Waals surface area contributed by atoms with Crippen molar-refractivity contribution in [3.8, 4) is 0 Å². The first-order chi connectivity index (χ1) is 8.75. The van der Waals surface area contributed by atoms with E-state index in [1.807, 2.05) is 0 Å². The molecule has 104 valence electrons. The largest absolute Gasteiger partial charge is 0.349 e. The maximum absolute atomic E-state index is 12.0. The van der Waals surface area contributed by atoms with Crippen LogP contribution in [0.4, 0.5) is 0 Å². The summed E-state index contributed by atoms with van der Waals surface area (Å²) in [5, 5.41) is 2.87. The van der Waals surface area contributed by atoms with Gasteiger partial charge >= 0.3 is 0 Å². The lowest BCUT2D eigenvalue weighted by Gasteiger charge is -2.33. The van der Waals surface area contributed by atoms with Gasteiger partial charge in [-0.3, -0.25) is 4.79 Å². The Bertz CT molecular complexity index is 611. The summed E-state index contributed by atoms with van der Waals surface area (Å²) < 4.78 is 23.1. The zero-order valence-corrected chi connectivity index (χ0v) is 13.3. The summed E-state index contributed by atoms with van der Waals surface area (Å²) in [5.74, 6) is 0.353. The van der Waals surface area contributed by atoms with Gasteiger partial charge in [-0.15, -0.1) is 0 Å². The molecule has 1 aliphatic carbocycles. The van der Waals surface area contributed by atoms with E-state index in [4.69, 9.17) is 10.7 Å². The molecule has 19 heavy (non-hydrogen) atoms. The summed E-state index contributed by atoms with van der Waals surface area (Å²) in [7, 11) is 1.44. The van der Waals surface area contributed by atoms with E-state index in [0.717, 1.165) is 12.8 Å². The van der Waals surface area contributed by atoms with Gasteiger partial charge in [0.05, 0.1) is 4.90 Å². The molecule has 1 aromatic rings. The first-order valence-corrected chi connectivity index (χ1v) is 8.92. The summed E-state index contributed by atoms with van der Waals surface area (Å²) in [5.41, 5.74) is 0.285. The Hall–Kier alpha value is -0.590. The molecular formula is C12H13BrClNO3S. The molecule has 2 rings (SSSR count). The first kappa shape index (κ1) is 14.8. The number of hydrogen-bond acceptors (Lipinski definition) is 3. The summed E-state index contributed by atoms with van der Waals surface area (Å²) >= 11 is 3.18. The van der Waals surface area contributed by atoms with Gasteiger partial charge in [0.1, 0.15) is 0 Å². The van der Waals surface area contributed by atoms with E-state index in [0.29, 0.717) is 10.4 Å². The number of rotatable bonds is 3. The normalized spacial score (nSPS) is 22.7. The number of carbonyl (C=O) groups is 1. The Morgan fingerprint density at radius 3 is 2.53 bits per heavy atom. The minimum Gasteiger partial charge on any atom is -0.349 e. The van der Waals surface area contributed by atoms with Crippen LogP contribution in [0.1, 0.15) is 30.1 Å². The Balaban J connectivity index is 2.20. The molecule has 0 heterocycles. The fourth-order valence-corrected chi connectivity index (χ4v) is 3.57. The van der Waals surface area contributed by atoms with Crippen LogP contribution in [0.3, 0.4) is 0 Å². The molecule has 0 bridgehead atoms. The van der Waals surface area contributed by atoms with Crippen molar-refractivity contribution in [1.82, 2.24) is 5.32 Å². The van der Waals surface area contributed by atoms with Gasteiger partial charge in [-0.05, 0) is 37.0 Å². The smallest absolute Gasteiger partial charge is 0.261 e. The van der Waals surface area contributed by atoms with Crippen molar-refractivity contribution in [2.45, 2.75) is 30.7 Å². The van der Waals surface area contributed by atoms with Gasteiger partial charge in [0.15, 0.2) is 0 Å². The van der Waals surface area contributed by atoms with Crippen LogP contribution < -0.4 is 5.32 Å². The third-order valence-corrected chi connectivity index (χ3v) is 4.92. The lowest BCUT2D eigenvalue weighted by atomic mass is 9.82. The summed E-state index contributed by atoms with van der Waals surface area (Å²) in [6.45, 7) is 2.12. The Kier molecular flexibility index (Phi) is 4.23. The molecule has 0 unspecified atom stereocenters. The highest BCUT2D eigenvalue weighted by molar-refractivity contribution is 9.10. The second-order valence-corrected chi connectivity index (χ2v) is 8.34. The fourth-order valence-electron chi connectivity index (χ4n) is 2.12. The number of hydrogen-bond donors (Lipinski definition) is 1. The zero-order chi connectivity index (χ0) is 14.2. The van der Waals surface area contributed by atoms with Crippen LogP contribution in [0.25, 0.3) is 0 Å². The van der Waals surface area contributed by atoms with Crippen LogP contribution in [0.2, 0.25) is 0 Å². The summed E-state index contributed by atoms with van der Waals surface area (Å²) in [6.07, 6.45) is 1.92. The van der Waals surface area contributed by atoms with Crippen molar-refractivity contribution in [3.05, 3.63) is 28.2 Å². The molecule has 0 aromatic heterocycles. The molecule has 7 heteroatoms. The minimum atomic E-state index is -3.85. The van der Waals surface area contributed by atoms with E-state index in [-0.39, 0.29) is 22.4 Å². The van der Waals surface area contributed by atoms with Crippen molar-refractivity contribution < 1.29 is 13.2 Å². The predicted molar refractivity (Wildman–Crippen MR) is 76.8 cm³/mol. The van der Waals surface area contributed by atoms with Crippen molar-refractivity contribution in [3.63, 3.8) is 0 Å². The molecule has 0 saturated heterocycles. The van der Waals surface area contributed by atoms with Crippen LogP contribution >= 0.6 is 26.6 Å². The van der Waals surface area contributed by atoms with Crippen LogP contribution in [0.15, 0.2) is 27.6 Å². The molecule has 0 spiro atoms. The predicted octanol–water partition coefficient (Wildman–Crippen LogP) is 2.90. The topological polar surface area (TPSA) is 63.2 Å². The van der Waals surface area contributed by atoms with Crippen molar-refractivity contribution in [2.24, 2.45) is 5.92 Å². The molecule has 4 nitrogen and oxygen atoms in total. The number of halogens is 2. The van der Waals surface area contributed by atoms with Crippen molar-refractivity contribution in [2.75, 3.05) is 0 Å². The van der Waals surface area contributed by atoms with E-state index in [9.17, 15) is 13.2 Å². The van der Waals surface area contributed by atoms with Gasteiger partial charge in [0.25, 0.3) is 15.0 Å². The average molecular weight is 367 g/mol. The lowest BCUT2D eigenvalue weighted by Crippen LogP contribution is -2.43. The molecule has 1 fully saturated rings. The molecule has 0 radical (unpaired) electrons. The minimum absolute atomic E-state index is 0.0873. The standard InChI is InChI=1S/C12H13BrClNO3S/c1-7-2-10(3-7)15-12(16)8-4-9(13)6-11(5-8)19(14,17)18/h4-7,10H,2-3H2,1H3,(H,15,16). The van der Waals surface area contributed by atoms with Crippen LogP contribution in [0, 0.1) is 5.92 Å². The maximum atomic E-state index is 12.0. The molecule has 1 amide bonds. The third-order valence-electron chi connectivity index (χ3n) is 3.12. The highest BCUT2D eigenvalue weighted by atomic mass is 79.9. The SMILES string of the molecule is CC1CC(NC(=O)c2cc(Br)cc(S(=O)(=O)Cl)c2)C1. The van der Waals surface area contributed by atoms with E-state index in [2.05, 4.69) is 28.2 Å². The second-order valence-electron chi connectivity index (χ2n) is 4.86. The lowest BCUT2D eigenvalue weighted by molar-refractivity contribution is 0.0896. The van der Waals surface area contributed by atoms with E-state index in [1.54, 1.807) is 6.07 Å². The number of benzene rings is 1. The molecule has 0 aliphatic heterocycles. The summed E-state index contributed by atoms with van der Waals surface area (Å²) in [6, 6.07) is 4.40. The monoisotopic (exact) mass is 365 g/mol. The van der Waals surface area contributed by atoms with E-state index < -0.39 is 9.05 Å². The average Bonchev–Trinajstić information content (AvgIpc) is 2.24. The first-order valence-electron chi connectivity index (χ1n) is 5.82.